The molecule has 0 N–H and O–H groups in total. The predicted molar refractivity (Wildman–Crippen MR) is 79.5 cm³/mol. The molecule has 0 amide bonds. The SMILES string of the molecule is c1cncc(-c2cn3c(-c4ccsc4)cnc3cn2)c1. The van der Waals surface area contributed by atoms with Gasteiger partial charge in [0.1, 0.15) is 0 Å². The second-order valence-electron chi connectivity index (χ2n) is 4.40. The number of hydrogen-bond donors (Lipinski definition) is 0. The van der Waals surface area contributed by atoms with Crippen LogP contribution < -0.4 is 0 Å². The third kappa shape index (κ3) is 1.80. The first-order chi connectivity index (χ1) is 9.92. The molecule has 0 aliphatic rings. The van der Waals surface area contributed by atoms with Gasteiger partial charge in [-0.05, 0) is 23.6 Å². The van der Waals surface area contributed by atoms with E-state index < -0.39 is 0 Å². The summed E-state index contributed by atoms with van der Waals surface area (Å²) in [4.78, 5) is 13.0. The quantitative estimate of drug-likeness (QED) is 0.563. The fourth-order valence-electron chi connectivity index (χ4n) is 2.18. The molecular formula is C15H10N4S. The Bertz CT molecular complexity index is 850. The first-order valence-corrected chi connectivity index (χ1v) is 7.12. The Morgan fingerprint density at radius 3 is 2.80 bits per heavy atom. The number of rotatable bonds is 2. The number of pyridine rings is 1. The summed E-state index contributed by atoms with van der Waals surface area (Å²) in [6.07, 6.45) is 9.25. The maximum atomic E-state index is 4.45. The standard InChI is InChI=1S/C15H10N4S/c1-2-11(6-16-4-1)13-9-19-14(12-3-5-20-10-12)7-18-15(19)8-17-13/h1-10H. The Kier molecular flexibility index (Phi) is 2.57. The second-order valence-corrected chi connectivity index (χ2v) is 5.18. The minimum Gasteiger partial charge on any atom is -0.296 e. The van der Waals surface area contributed by atoms with Gasteiger partial charge in [0.15, 0.2) is 5.65 Å². The zero-order valence-corrected chi connectivity index (χ0v) is 11.3. The Morgan fingerprint density at radius 2 is 2.00 bits per heavy atom. The van der Waals surface area contributed by atoms with Gasteiger partial charge in [-0.15, -0.1) is 0 Å². The average Bonchev–Trinajstić information content (AvgIpc) is 3.16. The van der Waals surface area contributed by atoms with E-state index in [1.165, 1.54) is 5.56 Å². The average molecular weight is 278 g/mol. The van der Waals surface area contributed by atoms with Crippen molar-refractivity contribution in [1.29, 1.82) is 0 Å². The van der Waals surface area contributed by atoms with Gasteiger partial charge in [-0.2, -0.15) is 11.3 Å². The molecule has 4 rings (SSSR count). The largest absolute Gasteiger partial charge is 0.296 e. The molecule has 0 atom stereocenters. The molecule has 4 aromatic heterocycles. The van der Waals surface area contributed by atoms with E-state index in [2.05, 4.69) is 36.2 Å². The molecule has 0 aromatic carbocycles. The molecule has 0 saturated heterocycles. The summed E-state index contributed by atoms with van der Waals surface area (Å²) in [6, 6.07) is 6.01. The highest BCUT2D eigenvalue weighted by atomic mass is 32.1. The first-order valence-electron chi connectivity index (χ1n) is 6.18. The van der Waals surface area contributed by atoms with Crippen LogP contribution in [0.5, 0.6) is 0 Å². The number of aromatic nitrogens is 4. The molecule has 5 heteroatoms. The lowest BCUT2D eigenvalue weighted by atomic mass is 10.2. The molecule has 0 radical (unpaired) electrons. The smallest absolute Gasteiger partial charge is 0.155 e. The fourth-order valence-corrected chi connectivity index (χ4v) is 2.83. The van der Waals surface area contributed by atoms with Crippen LogP contribution in [0.25, 0.3) is 28.2 Å². The van der Waals surface area contributed by atoms with Crippen LogP contribution in [0.15, 0.2) is 59.9 Å². The summed E-state index contributed by atoms with van der Waals surface area (Å²) in [5.41, 5.74) is 4.98. The Hall–Kier alpha value is -2.53. The second kappa shape index (κ2) is 4.54. The maximum absolute atomic E-state index is 4.45. The van der Waals surface area contributed by atoms with E-state index in [0.29, 0.717) is 0 Å². The zero-order valence-electron chi connectivity index (χ0n) is 10.5. The van der Waals surface area contributed by atoms with Gasteiger partial charge in [0.25, 0.3) is 0 Å². The van der Waals surface area contributed by atoms with Crippen molar-refractivity contribution in [3.63, 3.8) is 0 Å². The van der Waals surface area contributed by atoms with E-state index in [4.69, 9.17) is 0 Å². The van der Waals surface area contributed by atoms with Crippen molar-refractivity contribution in [1.82, 2.24) is 19.4 Å². The Balaban J connectivity index is 1.92. The van der Waals surface area contributed by atoms with Crippen LogP contribution in [0.1, 0.15) is 0 Å². The van der Waals surface area contributed by atoms with Crippen molar-refractivity contribution >= 4 is 17.0 Å². The molecular weight excluding hydrogens is 268 g/mol. The summed E-state index contributed by atoms with van der Waals surface area (Å²) in [5.74, 6) is 0. The molecule has 0 aliphatic heterocycles. The van der Waals surface area contributed by atoms with Gasteiger partial charge in [-0.1, -0.05) is 0 Å². The van der Waals surface area contributed by atoms with Gasteiger partial charge in [0.2, 0.25) is 0 Å². The van der Waals surface area contributed by atoms with Crippen molar-refractivity contribution in [3.8, 4) is 22.5 Å². The van der Waals surface area contributed by atoms with E-state index in [-0.39, 0.29) is 0 Å². The van der Waals surface area contributed by atoms with Crippen LogP contribution in [0.4, 0.5) is 0 Å². The molecule has 96 valence electrons. The fraction of sp³-hybridized carbons (Fsp3) is 0. The molecule has 0 unspecified atom stereocenters. The first kappa shape index (κ1) is 11.3. The topological polar surface area (TPSA) is 43.1 Å². The van der Waals surface area contributed by atoms with Crippen molar-refractivity contribution in [2.24, 2.45) is 0 Å². The molecule has 4 aromatic rings. The molecule has 0 aliphatic carbocycles. The van der Waals surface area contributed by atoms with Gasteiger partial charge >= 0.3 is 0 Å². The number of thiophene rings is 1. The molecule has 20 heavy (non-hydrogen) atoms. The van der Waals surface area contributed by atoms with Gasteiger partial charge in [0, 0.05) is 35.1 Å². The van der Waals surface area contributed by atoms with E-state index in [1.54, 1.807) is 23.7 Å². The Morgan fingerprint density at radius 1 is 1.00 bits per heavy atom. The molecule has 4 heterocycles. The Labute approximate surface area is 119 Å². The predicted octanol–water partition coefficient (Wildman–Crippen LogP) is 3.52. The lowest BCUT2D eigenvalue weighted by Crippen LogP contribution is -1.92. The number of hydrogen-bond acceptors (Lipinski definition) is 4. The minimum atomic E-state index is 0.846. The van der Waals surface area contributed by atoms with Gasteiger partial charge in [-0.25, -0.2) is 4.98 Å². The van der Waals surface area contributed by atoms with Gasteiger partial charge in [0.05, 0.1) is 23.8 Å². The third-order valence-electron chi connectivity index (χ3n) is 3.17. The summed E-state index contributed by atoms with van der Waals surface area (Å²) >= 11 is 1.68. The lowest BCUT2D eigenvalue weighted by Gasteiger charge is -2.03. The normalized spacial score (nSPS) is 11.0. The number of imidazole rings is 1. The monoisotopic (exact) mass is 278 g/mol. The highest BCUT2D eigenvalue weighted by Crippen LogP contribution is 2.24. The van der Waals surface area contributed by atoms with E-state index in [1.807, 2.05) is 30.7 Å². The highest BCUT2D eigenvalue weighted by molar-refractivity contribution is 7.08. The molecule has 0 saturated carbocycles. The van der Waals surface area contributed by atoms with Crippen molar-refractivity contribution in [3.05, 3.63) is 59.9 Å². The van der Waals surface area contributed by atoms with Gasteiger partial charge in [-0.3, -0.25) is 14.4 Å². The van der Waals surface area contributed by atoms with Crippen molar-refractivity contribution < 1.29 is 0 Å². The molecule has 0 fully saturated rings. The van der Waals surface area contributed by atoms with Crippen LogP contribution in [-0.2, 0) is 0 Å². The summed E-state index contributed by atoms with van der Waals surface area (Å²) in [7, 11) is 0. The minimum absolute atomic E-state index is 0.846. The molecule has 0 bridgehead atoms. The summed E-state index contributed by atoms with van der Waals surface area (Å²) in [6.45, 7) is 0. The van der Waals surface area contributed by atoms with Gasteiger partial charge < -0.3 is 0 Å². The highest BCUT2D eigenvalue weighted by Gasteiger charge is 2.08. The number of fused-ring (bicyclic) bond motifs is 1. The summed E-state index contributed by atoms with van der Waals surface area (Å²) in [5, 5.41) is 4.19. The van der Waals surface area contributed by atoms with Crippen LogP contribution in [0, 0.1) is 0 Å². The number of nitrogens with zero attached hydrogens (tertiary/aromatic N) is 4. The maximum Gasteiger partial charge on any atom is 0.155 e. The van der Waals surface area contributed by atoms with Crippen LogP contribution in [0.3, 0.4) is 0 Å². The lowest BCUT2D eigenvalue weighted by molar-refractivity contribution is 1.13. The van der Waals surface area contributed by atoms with Crippen LogP contribution in [0.2, 0.25) is 0 Å². The van der Waals surface area contributed by atoms with Crippen LogP contribution in [-0.4, -0.2) is 19.4 Å². The van der Waals surface area contributed by atoms with E-state index >= 15 is 0 Å². The molecule has 0 spiro atoms. The van der Waals surface area contributed by atoms with E-state index in [0.717, 1.165) is 22.6 Å². The zero-order chi connectivity index (χ0) is 13.4. The summed E-state index contributed by atoms with van der Waals surface area (Å²) < 4.78 is 2.07. The van der Waals surface area contributed by atoms with Crippen molar-refractivity contribution in [2.75, 3.05) is 0 Å². The van der Waals surface area contributed by atoms with Crippen LogP contribution >= 0.6 is 11.3 Å². The van der Waals surface area contributed by atoms with Crippen molar-refractivity contribution in [2.45, 2.75) is 0 Å². The third-order valence-corrected chi connectivity index (χ3v) is 3.85. The van der Waals surface area contributed by atoms with E-state index in [9.17, 15) is 0 Å². The molecule has 4 nitrogen and oxygen atoms in total.